The molecule has 0 fully saturated rings. The number of thiazole rings is 1. The van der Waals surface area contributed by atoms with Gasteiger partial charge in [0.1, 0.15) is 10.7 Å². The van der Waals surface area contributed by atoms with Crippen molar-refractivity contribution in [2.45, 2.75) is 32.7 Å². The molecule has 0 saturated carbocycles. The number of hydrogen-bond donors (Lipinski definition) is 1. The average molecular weight is 357 g/mol. The van der Waals surface area contributed by atoms with Gasteiger partial charge in [-0.05, 0) is 42.7 Å². The Bertz CT molecular complexity index is 853. The third kappa shape index (κ3) is 3.79. The largest absolute Gasteiger partial charge is 0.345 e. The van der Waals surface area contributed by atoms with Gasteiger partial charge in [-0.2, -0.15) is 0 Å². The number of amides is 1. The van der Waals surface area contributed by atoms with Crippen LogP contribution in [0.25, 0.3) is 5.13 Å². The zero-order valence-corrected chi connectivity index (χ0v) is 15.2. The van der Waals surface area contributed by atoms with Crippen molar-refractivity contribution < 1.29 is 9.18 Å². The predicted octanol–water partition coefficient (Wildman–Crippen LogP) is 4.69. The van der Waals surface area contributed by atoms with E-state index in [1.54, 1.807) is 12.1 Å². The summed E-state index contributed by atoms with van der Waals surface area (Å²) in [6, 6.07) is 9.79. The summed E-state index contributed by atoms with van der Waals surface area (Å²) in [5.74, 6) is -0.304. The van der Waals surface area contributed by atoms with Gasteiger partial charge >= 0.3 is 0 Å². The van der Waals surface area contributed by atoms with Gasteiger partial charge < -0.3 is 9.88 Å². The van der Waals surface area contributed by atoms with Crippen molar-refractivity contribution in [3.05, 3.63) is 70.7 Å². The maximum absolute atomic E-state index is 13.1. The second kappa shape index (κ2) is 7.19. The van der Waals surface area contributed by atoms with E-state index in [1.165, 1.54) is 23.5 Å². The lowest BCUT2D eigenvalue weighted by molar-refractivity contribution is 0.0942. The number of rotatable bonds is 5. The van der Waals surface area contributed by atoms with Gasteiger partial charge in [-0.1, -0.05) is 37.3 Å². The van der Waals surface area contributed by atoms with Gasteiger partial charge in [-0.3, -0.25) is 4.79 Å². The first-order chi connectivity index (χ1) is 12.0. The van der Waals surface area contributed by atoms with E-state index >= 15 is 0 Å². The van der Waals surface area contributed by atoms with Crippen molar-refractivity contribution >= 4 is 17.2 Å². The Morgan fingerprint density at radius 2 is 1.80 bits per heavy atom. The zero-order valence-electron chi connectivity index (χ0n) is 14.4. The maximum Gasteiger partial charge on any atom is 0.263 e. The lowest BCUT2D eigenvalue weighted by Crippen LogP contribution is -2.26. The summed E-state index contributed by atoms with van der Waals surface area (Å²) in [5.41, 5.74) is 1.65. The minimum absolute atomic E-state index is 0.141. The van der Waals surface area contributed by atoms with E-state index in [9.17, 15) is 9.18 Å². The van der Waals surface area contributed by atoms with E-state index in [2.05, 4.69) is 10.3 Å². The Balaban J connectivity index is 1.84. The van der Waals surface area contributed by atoms with Crippen molar-refractivity contribution in [3.63, 3.8) is 0 Å². The average Bonchev–Trinajstić information content (AvgIpc) is 3.24. The molecule has 0 aliphatic rings. The summed E-state index contributed by atoms with van der Waals surface area (Å²) in [4.78, 5) is 18.0. The fourth-order valence-electron chi connectivity index (χ4n) is 2.54. The molecule has 1 unspecified atom stereocenters. The number of carbonyl (C=O) groups is 1. The van der Waals surface area contributed by atoms with E-state index in [1.807, 2.05) is 49.9 Å². The van der Waals surface area contributed by atoms with Crippen LogP contribution in [0, 0.1) is 5.82 Å². The standard InChI is InChI=1S/C19H20FN3OS/c1-12(2)16-17(25-19(22-16)23-10-4-5-11-23)18(24)21-13(3)14-6-8-15(20)9-7-14/h4-13H,1-3H3,(H,21,24). The Kier molecular flexibility index (Phi) is 4.99. The fourth-order valence-corrected chi connectivity index (χ4v) is 3.63. The Hall–Kier alpha value is -2.47. The molecule has 1 atom stereocenters. The smallest absolute Gasteiger partial charge is 0.263 e. The third-order valence-electron chi connectivity index (χ3n) is 3.94. The number of benzene rings is 1. The lowest BCUT2D eigenvalue weighted by Gasteiger charge is -2.14. The second-order valence-corrected chi connectivity index (χ2v) is 7.18. The molecule has 4 nitrogen and oxygen atoms in total. The molecule has 0 aliphatic heterocycles. The van der Waals surface area contributed by atoms with Crippen LogP contribution in [0.1, 0.15) is 53.7 Å². The Morgan fingerprint density at radius 3 is 2.40 bits per heavy atom. The summed E-state index contributed by atoms with van der Waals surface area (Å²) in [7, 11) is 0. The highest BCUT2D eigenvalue weighted by Crippen LogP contribution is 2.28. The summed E-state index contributed by atoms with van der Waals surface area (Å²) < 4.78 is 15.0. The predicted molar refractivity (Wildman–Crippen MR) is 97.8 cm³/mol. The van der Waals surface area contributed by atoms with Crippen LogP contribution in [-0.2, 0) is 0 Å². The molecule has 0 radical (unpaired) electrons. The van der Waals surface area contributed by atoms with Gasteiger partial charge in [0, 0.05) is 12.4 Å². The molecule has 1 aromatic carbocycles. The molecule has 25 heavy (non-hydrogen) atoms. The lowest BCUT2D eigenvalue weighted by atomic mass is 10.1. The molecular formula is C19H20FN3OS. The quantitative estimate of drug-likeness (QED) is 0.720. The van der Waals surface area contributed by atoms with Crippen LogP contribution < -0.4 is 5.32 Å². The Labute approximate surface area is 150 Å². The summed E-state index contributed by atoms with van der Waals surface area (Å²) >= 11 is 1.37. The normalized spacial score (nSPS) is 12.4. The number of nitrogens with zero attached hydrogens (tertiary/aromatic N) is 2. The number of nitrogens with one attached hydrogen (secondary N) is 1. The highest BCUT2D eigenvalue weighted by molar-refractivity contribution is 7.16. The molecule has 3 rings (SSSR count). The Morgan fingerprint density at radius 1 is 1.16 bits per heavy atom. The second-order valence-electron chi connectivity index (χ2n) is 6.20. The molecule has 1 amide bonds. The first-order valence-corrected chi connectivity index (χ1v) is 8.97. The van der Waals surface area contributed by atoms with Gasteiger partial charge in [0.25, 0.3) is 5.91 Å². The molecule has 0 bridgehead atoms. The van der Waals surface area contributed by atoms with Crippen molar-refractivity contribution in [2.75, 3.05) is 0 Å². The van der Waals surface area contributed by atoms with E-state index in [0.29, 0.717) is 4.88 Å². The third-order valence-corrected chi connectivity index (χ3v) is 5.02. The highest BCUT2D eigenvalue weighted by atomic mass is 32.1. The van der Waals surface area contributed by atoms with E-state index in [-0.39, 0.29) is 23.7 Å². The molecule has 130 valence electrons. The summed E-state index contributed by atoms with van der Waals surface area (Å²) in [6.45, 7) is 5.93. The van der Waals surface area contributed by atoms with Crippen molar-refractivity contribution in [2.24, 2.45) is 0 Å². The van der Waals surface area contributed by atoms with Crippen LogP contribution in [0.2, 0.25) is 0 Å². The summed E-state index contributed by atoms with van der Waals surface area (Å²) in [6.07, 6.45) is 3.82. The number of carbonyl (C=O) groups excluding carboxylic acids is 1. The maximum atomic E-state index is 13.1. The van der Waals surface area contributed by atoms with Crippen molar-refractivity contribution in [1.29, 1.82) is 0 Å². The van der Waals surface area contributed by atoms with Gasteiger partial charge in [-0.15, -0.1) is 0 Å². The number of hydrogen-bond acceptors (Lipinski definition) is 3. The van der Waals surface area contributed by atoms with Crippen LogP contribution in [-0.4, -0.2) is 15.5 Å². The molecule has 0 aliphatic carbocycles. The van der Waals surface area contributed by atoms with Gasteiger partial charge in [0.05, 0.1) is 11.7 Å². The first-order valence-electron chi connectivity index (χ1n) is 8.16. The van der Waals surface area contributed by atoms with Crippen molar-refractivity contribution in [3.8, 4) is 5.13 Å². The minimum Gasteiger partial charge on any atom is -0.345 e. The zero-order chi connectivity index (χ0) is 18.0. The van der Waals surface area contributed by atoms with Crippen molar-refractivity contribution in [1.82, 2.24) is 14.9 Å². The molecule has 6 heteroatoms. The molecule has 1 N–H and O–H groups in total. The van der Waals surface area contributed by atoms with Crippen LogP contribution in [0.4, 0.5) is 4.39 Å². The fraction of sp³-hybridized carbons (Fsp3) is 0.263. The SMILES string of the molecule is CC(C)c1nc(-n2cccc2)sc1C(=O)NC(C)c1ccc(F)cc1. The number of aromatic nitrogens is 2. The van der Waals surface area contributed by atoms with Gasteiger partial charge in [0.2, 0.25) is 0 Å². The monoisotopic (exact) mass is 357 g/mol. The molecule has 3 aromatic rings. The minimum atomic E-state index is -0.289. The van der Waals surface area contributed by atoms with E-state index < -0.39 is 0 Å². The molecular weight excluding hydrogens is 337 g/mol. The topological polar surface area (TPSA) is 46.9 Å². The molecule has 0 saturated heterocycles. The van der Waals surface area contributed by atoms with E-state index in [0.717, 1.165) is 16.4 Å². The van der Waals surface area contributed by atoms with Crippen LogP contribution in [0.3, 0.4) is 0 Å². The van der Waals surface area contributed by atoms with E-state index in [4.69, 9.17) is 0 Å². The highest BCUT2D eigenvalue weighted by Gasteiger charge is 2.22. The van der Waals surface area contributed by atoms with Gasteiger partial charge in [0.15, 0.2) is 5.13 Å². The van der Waals surface area contributed by atoms with Crippen LogP contribution in [0.5, 0.6) is 0 Å². The molecule has 2 heterocycles. The van der Waals surface area contributed by atoms with Gasteiger partial charge in [-0.25, -0.2) is 9.37 Å². The summed E-state index contributed by atoms with van der Waals surface area (Å²) in [5, 5.41) is 3.76. The van der Waals surface area contributed by atoms with Crippen LogP contribution >= 0.6 is 11.3 Å². The molecule has 0 spiro atoms. The first kappa shape index (κ1) is 17.4. The molecule has 2 aromatic heterocycles. The number of halogens is 1. The van der Waals surface area contributed by atoms with Crippen LogP contribution in [0.15, 0.2) is 48.8 Å².